The van der Waals surface area contributed by atoms with Crippen LogP contribution in [0, 0.1) is 11.6 Å². The summed E-state index contributed by atoms with van der Waals surface area (Å²) in [6, 6.07) is 11.8. The highest BCUT2D eigenvalue weighted by atomic mass is 32.1. The van der Waals surface area contributed by atoms with Crippen molar-refractivity contribution in [1.29, 1.82) is 0 Å². The quantitative estimate of drug-likeness (QED) is 0.814. The maximum Gasteiger partial charge on any atom is 0.253 e. The second-order valence-electron chi connectivity index (χ2n) is 6.42. The lowest BCUT2D eigenvalue weighted by Crippen LogP contribution is -2.49. The Morgan fingerprint density at radius 3 is 2.41 bits per heavy atom. The van der Waals surface area contributed by atoms with Gasteiger partial charge in [-0.2, -0.15) is 0 Å². The Kier molecular flexibility index (Phi) is 5.23. The van der Waals surface area contributed by atoms with Gasteiger partial charge >= 0.3 is 0 Å². The smallest absolute Gasteiger partial charge is 0.253 e. The van der Waals surface area contributed by atoms with Gasteiger partial charge < -0.3 is 10.2 Å². The highest BCUT2D eigenvalue weighted by molar-refractivity contribution is 7.80. The molecule has 7 heteroatoms. The third-order valence-corrected chi connectivity index (χ3v) is 4.71. The van der Waals surface area contributed by atoms with E-state index < -0.39 is 17.7 Å². The number of amides is 1. The molecule has 3 rings (SSSR count). The summed E-state index contributed by atoms with van der Waals surface area (Å²) >= 11 is 5.50. The van der Waals surface area contributed by atoms with Crippen LogP contribution in [0.4, 0.5) is 14.5 Å². The van der Waals surface area contributed by atoms with Gasteiger partial charge in [0.25, 0.3) is 5.91 Å². The first-order chi connectivity index (χ1) is 12.8. The number of carbonyl (C=O) groups excluding carboxylic acids is 1. The predicted molar refractivity (Wildman–Crippen MR) is 105 cm³/mol. The Morgan fingerprint density at radius 2 is 1.81 bits per heavy atom. The van der Waals surface area contributed by atoms with Crippen molar-refractivity contribution >= 4 is 28.9 Å². The van der Waals surface area contributed by atoms with E-state index in [4.69, 9.17) is 12.2 Å². The number of allylic oxidation sites excluding steroid dienone is 1. The SMILES string of the molecule is CC1=C(C(=O)N(C)C)[C@H](c2ccc(F)cc2F)NC(=S)N1c1ccccc1. The highest BCUT2D eigenvalue weighted by Gasteiger charge is 2.36. The van der Waals surface area contributed by atoms with Crippen molar-refractivity contribution in [3.05, 3.63) is 77.0 Å². The van der Waals surface area contributed by atoms with Crippen molar-refractivity contribution in [1.82, 2.24) is 10.2 Å². The Labute approximate surface area is 162 Å². The summed E-state index contributed by atoms with van der Waals surface area (Å²) in [5.74, 6) is -1.70. The summed E-state index contributed by atoms with van der Waals surface area (Å²) in [7, 11) is 3.25. The minimum atomic E-state index is -0.812. The zero-order chi connectivity index (χ0) is 19.7. The second-order valence-corrected chi connectivity index (χ2v) is 6.80. The number of nitrogens with one attached hydrogen (secondary N) is 1. The largest absolute Gasteiger partial charge is 0.351 e. The normalized spacial score (nSPS) is 17.0. The molecule has 1 heterocycles. The number of anilines is 1. The van der Waals surface area contributed by atoms with Crippen molar-refractivity contribution in [2.24, 2.45) is 0 Å². The minimum absolute atomic E-state index is 0.163. The molecule has 1 N–H and O–H groups in total. The molecule has 0 bridgehead atoms. The van der Waals surface area contributed by atoms with Gasteiger partial charge in [0, 0.05) is 37.1 Å². The number of hydrogen-bond donors (Lipinski definition) is 1. The van der Waals surface area contributed by atoms with E-state index in [-0.39, 0.29) is 11.5 Å². The van der Waals surface area contributed by atoms with Gasteiger partial charge in [-0.05, 0) is 37.3 Å². The third kappa shape index (κ3) is 3.55. The van der Waals surface area contributed by atoms with Crippen molar-refractivity contribution in [3.8, 4) is 0 Å². The monoisotopic (exact) mass is 387 g/mol. The van der Waals surface area contributed by atoms with E-state index in [1.54, 1.807) is 25.9 Å². The Balaban J connectivity index is 2.19. The zero-order valence-electron chi connectivity index (χ0n) is 15.2. The topological polar surface area (TPSA) is 35.6 Å². The van der Waals surface area contributed by atoms with Crippen LogP contribution >= 0.6 is 12.2 Å². The molecular formula is C20H19F2N3OS. The molecule has 2 aromatic carbocycles. The van der Waals surface area contributed by atoms with Gasteiger partial charge in [-0.25, -0.2) is 8.78 Å². The number of thiocarbonyl (C=S) groups is 1. The number of para-hydroxylation sites is 1. The average Bonchev–Trinajstić information content (AvgIpc) is 2.61. The Bertz CT molecular complexity index is 928. The van der Waals surface area contributed by atoms with E-state index in [1.165, 1.54) is 17.0 Å². The number of benzene rings is 2. The number of likely N-dealkylation sites (N-methyl/N-ethyl adjacent to an activating group) is 1. The van der Waals surface area contributed by atoms with E-state index >= 15 is 0 Å². The van der Waals surface area contributed by atoms with Crippen molar-refractivity contribution in [2.75, 3.05) is 19.0 Å². The molecule has 0 aliphatic carbocycles. The lowest BCUT2D eigenvalue weighted by molar-refractivity contribution is -0.125. The molecule has 2 aromatic rings. The maximum atomic E-state index is 14.5. The van der Waals surface area contributed by atoms with Gasteiger partial charge in [0.05, 0.1) is 11.6 Å². The summed E-state index contributed by atoms with van der Waals surface area (Å²) in [4.78, 5) is 16.1. The summed E-state index contributed by atoms with van der Waals surface area (Å²) in [6.07, 6.45) is 0. The van der Waals surface area contributed by atoms with Gasteiger partial charge in [-0.15, -0.1) is 0 Å². The summed E-state index contributed by atoms with van der Waals surface area (Å²) < 4.78 is 27.8. The van der Waals surface area contributed by atoms with Crippen LogP contribution in [0.3, 0.4) is 0 Å². The van der Waals surface area contributed by atoms with Crippen LogP contribution in [0.15, 0.2) is 59.8 Å². The van der Waals surface area contributed by atoms with E-state index in [9.17, 15) is 13.6 Å². The van der Waals surface area contributed by atoms with E-state index in [1.807, 2.05) is 30.3 Å². The summed E-state index contributed by atoms with van der Waals surface area (Å²) in [5.41, 5.74) is 1.89. The molecule has 0 spiro atoms. The van der Waals surface area contributed by atoms with E-state index in [0.29, 0.717) is 16.4 Å². The van der Waals surface area contributed by atoms with Gasteiger partial charge in [-0.3, -0.25) is 9.69 Å². The van der Waals surface area contributed by atoms with Crippen LogP contribution in [-0.4, -0.2) is 30.0 Å². The van der Waals surface area contributed by atoms with Gasteiger partial charge in [-0.1, -0.05) is 24.3 Å². The van der Waals surface area contributed by atoms with Crippen LogP contribution in [0.2, 0.25) is 0 Å². The second kappa shape index (κ2) is 7.44. The lowest BCUT2D eigenvalue weighted by Gasteiger charge is -2.38. The molecule has 4 nitrogen and oxygen atoms in total. The molecule has 0 unspecified atom stereocenters. The molecule has 1 aliphatic heterocycles. The Morgan fingerprint density at radius 1 is 1.15 bits per heavy atom. The minimum Gasteiger partial charge on any atom is -0.351 e. The van der Waals surface area contributed by atoms with Crippen LogP contribution in [0.1, 0.15) is 18.5 Å². The fraction of sp³-hybridized carbons (Fsp3) is 0.200. The Hall–Kier alpha value is -2.80. The van der Waals surface area contributed by atoms with Gasteiger partial charge in [0.1, 0.15) is 11.6 Å². The number of carbonyl (C=O) groups is 1. The van der Waals surface area contributed by atoms with Crippen molar-refractivity contribution in [2.45, 2.75) is 13.0 Å². The van der Waals surface area contributed by atoms with Crippen LogP contribution in [0.25, 0.3) is 0 Å². The van der Waals surface area contributed by atoms with E-state index in [0.717, 1.165) is 11.8 Å². The molecule has 140 valence electrons. The standard InChI is InChI=1S/C20H19F2N3OS/c1-12-17(19(26)24(2)3)18(15-10-9-13(21)11-16(15)22)23-20(27)25(12)14-7-5-4-6-8-14/h4-11,18H,1-3H3,(H,23,27)/t18-/m0/s1. The summed E-state index contributed by atoms with van der Waals surface area (Å²) in [6.45, 7) is 1.77. The molecule has 1 aliphatic rings. The van der Waals surface area contributed by atoms with Gasteiger partial charge in [0.2, 0.25) is 0 Å². The predicted octanol–water partition coefficient (Wildman–Crippen LogP) is 3.76. The molecule has 0 fully saturated rings. The molecule has 0 saturated heterocycles. The number of halogens is 2. The van der Waals surface area contributed by atoms with Crippen molar-refractivity contribution < 1.29 is 13.6 Å². The fourth-order valence-electron chi connectivity index (χ4n) is 3.12. The first kappa shape index (κ1) is 19.0. The van der Waals surface area contributed by atoms with Crippen molar-refractivity contribution in [3.63, 3.8) is 0 Å². The van der Waals surface area contributed by atoms with Crippen LogP contribution in [0.5, 0.6) is 0 Å². The molecule has 0 radical (unpaired) electrons. The first-order valence-electron chi connectivity index (χ1n) is 8.34. The first-order valence-corrected chi connectivity index (χ1v) is 8.75. The molecular weight excluding hydrogens is 368 g/mol. The number of rotatable bonds is 3. The zero-order valence-corrected chi connectivity index (χ0v) is 16.0. The maximum absolute atomic E-state index is 14.5. The number of nitrogens with zero attached hydrogens (tertiary/aromatic N) is 2. The molecule has 1 amide bonds. The number of hydrogen-bond acceptors (Lipinski definition) is 2. The average molecular weight is 387 g/mol. The third-order valence-electron chi connectivity index (χ3n) is 4.41. The van der Waals surface area contributed by atoms with Crippen LogP contribution < -0.4 is 10.2 Å². The lowest BCUT2D eigenvalue weighted by atomic mass is 9.93. The molecule has 0 saturated carbocycles. The highest BCUT2D eigenvalue weighted by Crippen LogP contribution is 2.35. The van der Waals surface area contributed by atoms with Crippen LogP contribution in [-0.2, 0) is 4.79 Å². The van der Waals surface area contributed by atoms with Gasteiger partial charge in [0.15, 0.2) is 5.11 Å². The van der Waals surface area contributed by atoms with E-state index in [2.05, 4.69) is 5.32 Å². The molecule has 27 heavy (non-hydrogen) atoms. The molecule has 1 atom stereocenters. The fourth-order valence-corrected chi connectivity index (χ4v) is 3.48. The molecule has 0 aromatic heterocycles. The summed E-state index contributed by atoms with van der Waals surface area (Å²) in [5, 5.41) is 3.38.